The Kier molecular flexibility index (Phi) is 6.33. The van der Waals surface area contributed by atoms with Crippen molar-refractivity contribution in [1.29, 1.82) is 0 Å². The molecule has 8 nitrogen and oxygen atoms in total. The van der Waals surface area contributed by atoms with Gasteiger partial charge < -0.3 is 19.4 Å². The van der Waals surface area contributed by atoms with Crippen molar-refractivity contribution in [2.45, 2.75) is 32.5 Å². The minimum absolute atomic E-state index is 0.122. The molecule has 1 N–H and O–H groups in total. The molecule has 12 heteroatoms. The van der Waals surface area contributed by atoms with Crippen LogP contribution in [0.15, 0.2) is 36.7 Å². The SMILES string of the molecule is COc1ccc(CNC(=O)c2ccc(CN3CCn4cnnc4C3)s2)c(OC(F)(F)F)c1. The van der Waals surface area contributed by atoms with Gasteiger partial charge >= 0.3 is 6.36 Å². The van der Waals surface area contributed by atoms with Crippen LogP contribution < -0.4 is 14.8 Å². The normalized spacial score (nSPS) is 14.1. The van der Waals surface area contributed by atoms with E-state index in [4.69, 9.17) is 4.74 Å². The highest BCUT2D eigenvalue weighted by molar-refractivity contribution is 7.14. The Hall–Kier alpha value is -3.12. The van der Waals surface area contributed by atoms with E-state index in [9.17, 15) is 18.0 Å². The van der Waals surface area contributed by atoms with Crippen LogP contribution in [0, 0.1) is 0 Å². The van der Waals surface area contributed by atoms with Gasteiger partial charge in [0.15, 0.2) is 0 Å². The Bertz CT molecular complexity index is 1100. The number of carbonyl (C=O) groups excluding carboxylic acids is 1. The van der Waals surface area contributed by atoms with Crippen molar-refractivity contribution in [3.05, 3.63) is 57.8 Å². The van der Waals surface area contributed by atoms with Gasteiger partial charge in [-0.25, -0.2) is 0 Å². The molecule has 0 radical (unpaired) electrons. The summed E-state index contributed by atoms with van der Waals surface area (Å²) < 4.78 is 49.2. The summed E-state index contributed by atoms with van der Waals surface area (Å²) in [4.78, 5) is 16.3. The second-order valence-electron chi connectivity index (χ2n) is 7.12. The minimum Gasteiger partial charge on any atom is -0.497 e. The third-order valence-corrected chi connectivity index (χ3v) is 5.99. The lowest BCUT2D eigenvalue weighted by molar-refractivity contribution is -0.274. The van der Waals surface area contributed by atoms with Gasteiger partial charge in [0.25, 0.3) is 5.91 Å². The first-order valence-electron chi connectivity index (χ1n) is 9.69. The molecule has 1 aliphatic rings. The molecule has 3 heterocycles. The Morgan fingerprint density at radius 3 is 2.88 bits per heavy atom. The van der Waals surface area contributed by atoms with Crippen molar-refractivity contribution >= 4 is 17.2 Å². The number of rotatable bonds is 7. The van der Waals surface area contributed by atoms with Crippen LogP contribution in [0.2, 0.25) is 0 Å². The standard InChI is InChI=1S/C20H20F3N5O3S/c1-30-14-3-2-13(16(8-14)31-20(21,22)23)9-24-19(29)17-5-4-15(32-17)10-27-6-7-28-12-25-26-18(28)11-27/h2-5,8,12H,6-7,9-11H2,1H3,(H,24,29). The topological polar surface area (TPSA) is 81.5 Å². The summed E-state index contributed by atoms with van der Waals surface area (Å²) in [6.45, 7) is 2.89. The highest BCUT2D eigenvalue weighted by Gasteiger charge is 2.32. The van der Waals surface area contributed by atoms with Crippen LogP contribution in [-0.2, 0) is 26.2 Å². The summed E-state index contributed by atoms with van der Waals surface area (Å²) in [5.74, 6) is 0.343. The van der Waals surface area contributed by atoms with E-state index in [-0.39, 0.29) is 23.8 Å². The Morgan fingerprint density at radius 1 is 1.25 bits per heavy atom. The van der Waals surface area contributed by atoms with Crippen LogP contribution in [0.5, 0.6) is 11.5 Å². The number of benzene rings is 1. The second kappa shape index (κ2) is 9.17. The molecule has 0 fully saturated rings. The fraction of sp³-hybridized carbons (Fsp3) is 0.350. The lowest BCUT2D eigenvalue weighted by Crippen LogP contribution is -2.32. The number of hydrogen-bond donors (Lipinski definition) is 1. The second-order valence-corrected chi connectivity index (χ2v) is 8.29. The average molecular weight is 467 g/mol. The van der Waals surface area contributed by atoms with Crippen molar-refractivity contribution < 1.29 is 27.4 Å². The molecule has 0 aliphatic carbocycles. The summed E-state index contributed by atoms with van der Waals surface area (Å²) in [7, 11) is 1.34. The van der Waals surface area contributed by atoms with Crippen LogP contribution in [-0.4, -0.2) is 45.6 Å². The molecule has 0 spiro atoms. The van der Waals surface area contributed by atoms with Gasteiger partial charge in [-0.15, -0.1) is 34.7 Å². The molecule has 3 aromatic rings. The zero-order chi connectivity index (χ0) is 22.7. The molecule has 0 saturated carbocycles. The number of aromatic nitrogens is 3. The highest BCUT2D eigenvalue weighted by Crippen LogP contribution is 2.30. The van der Waals surface area contributed by atoms with Gasteiger partial charge in [0.05, 0.1) is 18.5 Å². The monoisotopic (exact) mass is 467 g/mol. The lowest BCUT2D eigenvalue weighted by atomic mass is 10.2. The van der Waals surface area contributed by atoms with Crippen molar-refractivity contribution in [3.63, 3.8) is 0 Å². The molecule has 2 aromatic heterocycles. The number of hydrogen-bond acceptors (Lipinski definition) is 7. The molecule has 0 saturated heterocycles. The van der Waals surface area contributed by atoms with Gasteiger partial charge in [-0.3, -0.25) is 9.69 Å². The van der Waals surface area contributed by atoms with Gasteiger partial charge in [0, 0.05) is 42.7 Å². The van der Waals surface area contributed by atoms with E-state index < -0.39 is 12.1 Å². The molecule has 1 aliphatic heterocycles. The van der Waals surface area contributed by atoms with Gasteiger partial charge in [0.2, 0.25) is 0 Å². The van der Waals surface area contributed by atoms with E-state index in [0.717, 1.165) is 29.9 Å². The summed E-state index contributed by atoms with van der Waals surface area (Å²) >= 11 is 1.35. The maximum absolute atomic E-state index is 12.7. The Morgan fingerprint density at radius 2 is 2.09 bits per heavy atom. The van der Waals surface area contributed by atoms with Gasteiger partial charge in [-0.2, -0.15) is 0 Å². The van der Waals surface area contributed by atoms with Gasteiger partial charge in [-0.05, 0) is 24.3 Å². The Labute approximate surface area is 185 Å². The van der Waals surface area contributed by atoms with Crippen molar-refractivity contribution in [1.82, 2.24) is 25.0 Å². The van der Waals surface area contributed by atoms with E-state index in [1.54, 1.807) is 12.4 Å². The first-order chi connectivity index (χ1) is 15.3. The third kappa shape index (κ3) is 5.37. The fourth-order valence-corrected chi connectivity index (χ4v) is 4.31. The number of nitrogens with one attached hydrogen (secondary N) is 1. The molecule has 0 atom stereocenters. The molecule has 4 rings (SSSR count). The predicted octanol–water partition coefficient (Wildman–Crippen LogP) is 3.19. The molecule has 0 unspecified atom stereocenters. The van der Waals surface area contributed by atoms with Crippen molar-refractivity contribution in [3.8, 4) is 11.5 Å². The smallest absolute Gasteiger partial charge is 0.497 e. The van der Waals surface area contributed by atoms with Crippen LogP contribution in [0.1, 0.15) is 25.9 Å². The van der Waals surface area contributed by atoms with Crippen LogP contribution in [0.25, 0.3) is 0 Å². The summed E-state index contributed by atoms with van der Waals surface area (Å²) in [5.41, 5.74) is 0.186. The zero-order valence-corrected chi connectivity index (χ0v) is 17.9. The predicted molar refractivity (Wildman–Crippen MR) is 109 cm³/mol. The third-order valence-electron chi connectivity index (χ3n) is 4.92. The van der Waals surface area contributed by atoms with Crippen LogP contribution >= 0.6 is 11.3 Å². The van der Waals surface area contributed by atoms with Crippen LogP contribution in [0.4, 0.5) is 13.2 Å². The fourth-order valence-electron chi connectivity index (χ4n) is 3.35. The molecule has 1 amide bonds. The molecule has 1 aromatic carbocycles. The number of ether oxygens (including phenoxy) is 2. The highest BCUT2D eigenvalue weighted by atomic mass is 32.1. The van der Waals surface area contributed by atoms with Crippen molar-refractivity contribution in [2.75, 3.05) is 13.7 Å². The van der Waals surface area contributed by atoms with E-state index in [1.807, 2.05) is 10.6 Å². The van der Waals surface area contributed by atoms with E-state index in [2.05, 4.69) is 25.2 Å². The molecule has 170 valence electrons. The number of nitrogens with zero attached hydrogens (tertiary/aromatic N) is 4. The average Bonchev–Trinajstić information content (AvgIpc) is 3.40. The Balaban J connectivity index is 1.37. The summed E-state index contributed by atoms with van der Waals surface area (Å²) in [6.07, 6.45) is -3.14. The number of fused-ring (bicyclic) bond motifs is 1. The lowest BCUT2D eigenvalue weighted by Gasteiger charge is -2.26. The maximum Gasteiger partial charge on any atom is 0.573 e. The summed E-state index contributed by atoms with van der Waals surface area (Å²) in [6, 6.07) is 7.66. The summed E-state index contributed by atoms with van der Waals surface area (Å²) in [5, 5.41) is 10.7. The number of carbonyl (C=O) groups is 1. The largest absolute Gasteiger partial charge is 0.573 e. The van der Waals surface area contributed by atoms with E-state index in [0.29, 0.717) is 18.0 Å². The number of amides is 1. The van der Waals surface area contributed by atoms with E-state index in [1.165, 1.54) is 30.6 Å². The first-order valence-corrected chi connectivity index (χ1v) is 10.5. The zero-order valence-electron chi connectivity index (χ0n) is 17.1. The van der Waals surface area contributed by atoms with Gasteiger partial charge in [0.1, 0.15) is 23.7 Å². The minimum atomic E-state index is -4.85. The van der Waals surface area contributed by atoms with Crippen LogP contribution in [0.3, 0.4) is 0 Å². The number of alkyl halides is 3. The van der Waals surface area contributed by atoms with Crippen molar-refractivity contribution in [2.24, 2.45) is 0 Å². The number of halogens is 3. The van der Waals surface area contributed by atoms with Gasteiger partial charge in [-0.1, -0.05) is 0 Å². The molecule has 0 bridgehead atoms. The number of methoxy groups -OCH3 is 1. The van der Waals surface area contributed by atoms with E-state index >= 15 is 0 Å². The quantitative estimate of drug-likeness (QED) is 0.575. The molecule has 32 heavy (non-hydrogen) atoms. The number of thiophene rings is 1. The first kappa shape index (κ1) is 22.1. The molecular weight excluding hydrogens is 447 g/mol. The maximum atomic E-state index is 12.7. The molecular formula is C20H20F3N5O3S.